The molecule has 9 heteroatoms. The molecule has 42 heavy (non-hydrogen) atoms. The van der Waals surface area contributed by atoms with Crippen molar-refractivity contribution in [3.63, 3.8) is 0 Å². The Kier molecular flexibility index (Phi) is 9.85. The van der Waals surface area contributed by atoms with Crippen molar-refractivity contribution in [1.29, 1.82) is 0 Å². The van der Waals surface area contributed by atoms with Crippen molar-refractivity contribution in [2.24, 2.45) is 0 Å². The van der Waals surface area contributed by atoms with Crippen molar-refractivity contribution in [2.75, 3.05) is 6.54 Å². The molecule has 3 aromatic carbocycles. The zero-order valence-corrected chi connectivity index (χ0v) is 24.9. The first-order chi connectivity index (χ1) is 20.4. The fraction of sp³-hybridized carbons (Fsp3) is 0.394. The zero-order valence-electron chi connectivity index (χ0n) is 24.0. The summed E-state index contributed by atoms with van der Waals surface area (Å²) in [5, 5.41) is 0. The van der Waals surface area contributed by atoms with E-state index < -0.39 is 25.5 Å². The normalized spacial score (nSPS) is 18.2. The average molecular weight is 591 g/mol. The lowest BCUT2D eigenvalue weighted by atomic mass is 9.93. The molecule has 222 valence electrons. The van der Waals surface area contributed by atoms with E-state index in [1.165, 1.54) is 0 Å². The van der Waals surface area contributed by atoms with Gasteiger partial charge in [-0.05, 0) is 62.4 Å². The molecule has 1 unspecified atom stereocenters. The lowest BCUT2D eigenvalue weighted by Crippen LogP contribution is -2.55. The number of likely N-dealkylation sites (tertiary alicyclic amines) is 1. The van der Waals surface area contributed by atoms with E-state index in [-0.39, 0.29) is 18.6 Å². The van der Waals surface area contributed by atoms with Crippen molar-refractivity contribution < 1.29 is 27.9 Å². The summed E-state index contributed by atoms with van der Waals surface area (Å²) in [5.41, 5.74) is 0.880. The van der Waals surface area contributed by atoms with E-state index in [1.807, 2.05) is 42.5 Å². The Bertz CT molecular complexity index is 1310. The lowest BCUT2D eigenvalue weighted by molar-refractivity contribution is -0.136. The minimum atomic E-state index is -3.93. The highest BCUT2D eigenvalue weighted by molar-refractivity contribution is 7.55. The molecule has 1 aliphatic heterocycles. The van der Waals surface area contributed by atoms with Crippen molar-refractivity contribution in [3.8, 4) is 11.5 Å². The second-order valence-electron chi connectivity index (χ2n) is 10.9. The van der Waals surface area contributed by atoms with Crippen molar-refractivity contribution in [1.82, 2.24) is 9.80 Å². The summed E-state index contributed by atoms with van der Waals surface area (Å²) < 4.78 is 32.5. The minimum Gasteiger partial charge on any atom is -0.445 e. The third-order valence-electron chi connectivity index (χ3n) is 7.98. The summed E-state index contributed by atoms with van der Waals surface area (Å²) in [5.74, 6) is -0.287. The van der Waals surface area contributed by atoms with Crippen LogP contribution in [0.25, 0.3) is 0 Å². The molecule has 2 atom stereocenters. The zero-order chi connectivity index (χ0) is 29.4. The monoisotopic (exact) mass is 590 g/mol. The fourth-order valence-corrected chi connectivity index (χ4v) is 8.05. The number of hydrogen-bond acceptors (Lipinski definition) is 6. The molecule has 1 saturated heterocycles. The number of amides is 2. The van der Waals surface area contributed by atoms with Crippen LogP contribution in [-0.2, 0) is 20.7 Å². The number of para-hydroxylation sites is 2. The highest BCUT2D eigenvalue weighted by atomic mass is 31.2. The molecule has 0 aromatic heterocycles. The third kappa shape index (κ3) is 7.16. The molecule has 1 aliphatic carbocycles. The topological polar surface area (TPSA) is 85.4 Å². The second kappa shape index (κ2) is 13.9. The summed E-state index contributed by atoms with van der Waals surface area (Å²) >= 11 is 0. The predicted octanol–water partition coefficient (Wildman–Crippen LogP) is 7.65. The number of ether oxygens (including phenoxy) is 1. The fourth-order valence-electron chi connectivity index (χ4n) is 5.87. The molecule has 2 amide bonds. The van der Waals surface area contributed by atoms with Crippen molar-refractivity contribution in [3.05, 3.63) is 96.6 Å². The molecule has 0 N–H and O–H groups in total. The molecule has 0 radical (unpaired) electrons. The summed E-state index contributed by atoms with van der Waals surface area (Å²) in [6.07, 6.45) is 5.31. The summed E-state index contributed by atoms with van der Waals surface area (Å²) in [4.78, 5) is 31.0. The van der Waals surface area contributed by atoms with Crippen molar-refractivity contribution >= 4 is 19.6 Å². The van der Waals surface area contributed by atoms with Crippen LogP contribution < -0.4 is 9.05 Å². The number of carbonyl (C=O) groups is 2. The molecular weight excluding hydrogens is 551 g/mol. The van der Waals surface area contributed by atoms with E-state index in [1.54, 1.807) is 65.3 Å². The molecule has 2 aliphatic rings. The molecule has 2 fully saturated rings. The van der Waals surface area contributed by atoms with Crippen LogP contribution in [0.5, 0.6) is 11.5 Å². The largest absolute Gasteiger partial charge is 0.453 e. The van der Waals surface area contributed by atoms with Gasteiger partial charge < -0.3 is 18.7 Å². The lowest BCUT2D eigenvalue weighted by Gasteiger charge is -2.39. The van der Waals surface area contributed by atoms with Gasteiger partial charge in [0.15, 0.2) is 5.78 Å². The Morgan fingerprint density at radius 2 is 1.36 bits per heavy atom. The number of rotatable bonds is 10. The van der Waals surface area contributed by atoms with Crippen LogP contribution >= 0.6 is 7.60 Å². The standard InChI is InChI=1S/C33H39N2O6P/c1-26(35(28-17-8-3-9-18-28)33(37)39-25-27-15-6-2-7-16-27)32(36)34-24-14-23-31(34)42(38,40-29-19-10-4-11-20-29)41-30-21-12-5-13-22-30/h2,4-7,10-13,15-16,19-22,26,28,31H,3,8-9,14,17-18,23-25H2,1H3/t26-,31?/m0/s1. The van der Waals surface area contributed by atoms with E-state index in [9.17, 15) is 14.2 Å². The van der Waals surface area contributed by atoms with Gasteiger partial charge in [0.05, 0.1) is 0 Å². The molecule has 1 saturated carbocycles. The highest BCUT2D eigenvalue weighted by Gasteiger charge is 2.49. The van der Waals surface area contributed by atoms with Gasteiger partial charge >= 0.3 is 13.7 Å². The Labute approximate surface area is 248 Å². The van der Waals surface area contributed by atoms with E-state index in [4.69, 9.17) is 13.8 Å². The maximum Gasteiger partial charge on any atom is 0.453 e. The van der Waals surface area contributed by atoms with Gasteiger partial charge in [0.1, 0.15) is 24.1 Å². The van der Waals surface area contributed by atoms with Gasteiger partial charge in [-0.1, -0.05) is 86.0 Å². The number of hydrogen-bond donors (Lipinski definition) is 0. The van der Waals surface area contributed by atoms with Crippen LogP contribution in [0.4, 0.5) is 4.79 Å². The summed E-state index contributed by atoms with van der Waals surface area (Å²) in [7, 11) is -3.93. The Morgan fingerprint density at radius 1 is 0.810 bits per heavy atom. The number of benzene rings is 3. The Balaban J connectivity index is 1.39. The van der Waals surface area contributed by atoms with Crippen LogP contribution in [0.3, 0.4) is 0 Å². The van der Waals surface area contributed by atoms with E-state index >= 15 is 0 Å². The molecule has 5 rings (SSSR count). The van der Waals surface area contributed by atoms with E-state index in [2.05, 4.69) is 0 Å². The maximum atomic E-state index is 14.6. The van der Waals surface area contributed by atoms with Gasteiger partial charge in [0.2, 0.25) is 5.91 Å². The van der Waals surface area contributed by atoms with E-state index in [0.717, 1.165) is 37.7 Å². The first-order valence-electron chi connectivity index (χ1n) is 14.8. The quantitative estimate of drug-likeness (QED) is 0.226. The van der Waals surface area contributed by atoms with Crippen LogP contribution in [0.1, 0.15) is 57.4 Å². The first kappa shape index (κ1) is 29.7. The SMILES string of the molecule is C[C@@H](C(=O)N1CCCC1P(=O)(Oc1ccccc1)Oc1ccccc1)N(C(=O)OCc1ccccc1)C1CCCCC1. The van der Waals surface area contributed by atoms with Crippen LogP contribution in [0.2, 0.25) is 0 Å². The Hall–Kier alpha value is -3.77. The number of nitrogens with zero attached hydrogens (tertiary/aromatic N) is 2. The Morgan fingerprint density at radius 3 is 1.93 bits per heavy atom. The molecular formula is C33H39N2O6P. The van der Waals surface area contributed by atoms with Crippen LogP contribution in [0.15, 0.2) is 91.0 Å². The van der Waals surface area contributed by atoms with Gasteiger partial charge in [-0.25, -0.2) is 9.36 Å². The minimum absolute atomic E-state index is 0.102. The smallest absolute Gasteiger partial charge is 0.445 e. The highest BCUT2D eigenvalue weighted by Crippen LogP contribution is 2.57. The summed E-state index contributed by atoms with van der Waals surface area (Å²) in [6, 6.07) is 26.4. The van der Waals surface area contributed by atoms with Gasteiger partial charge in [-0.15, -0.1) is 0 Å². The van der Waals surface area contributed by atoms with Gasteiger partial charge in [0, 0.05) is 12.6 Å². The molecule has 1 heterocycles. The second-order valence-corrected chi connectivity index (χ2v) is 13.0. The first-order valence-corrected chi connectivity index (χ1v) is 16.4. The van der Waals surface area contributed by atoms with Gasteiger partial charge in [-0.3, -0.25) is 9.69 Å². The van der Waals surface area contributed by atoms with Gasteiger partial charge in [-0.2, -0.15) is 0 Å². The third-order valence-corrected chi connectivity index (χ3v) is 10.2. The van der Waals surface area contributed by atoms with Crippen LogP contribution in [-0.4, -0.2) is 46.2 Å². The molecule has 0 spiro atoms. The van der Waals surface area contributed by atoms with Crippen molar-refractivity contribution in [2.45, 2.75) is 76.3 Å². The predicted molar refractivity (Wildman–Crippen MR) is 161 cm³/mol. The summed E-state index contributed by atoms with van der Waals surface area (Å²) in [6.45, 7) is 2.27. The van der Waals surface area contributed by atoms with E-state index in [0.29, 0.717) is 30.9 Å². The number of carbonyl (C=O) groups excluding carboxylic acids is 2. The average Bonchev–Trinajstić information content (AvgIpc) is 3.53. The van der Waals surface area contributed by atoms with Crippen LogP contribution in [0, 0.1) is 0 Å². The molecule has 3 aromatic rings. The molecule has 8 nitrogen and oxygen atoms in total. The molecule has 0 bridgehead atoms. The maximum absolute atomic E-state index is 14.6. The van der Waals surface area contributed by atoms with Gasteiger partial charge in [0.25, 0.3) is 0 Å².